The van der Waals surface area contributed by atoms with Gasteiger partial charge in [-0.05, 0) is 42.2 Å². The van der Waals surface area contributed by atoms with Crippen molar-refractivity contribution in [3.8, 4) is 6.07 Å². The lowest BCUT2D eigenvalue weighted by Crippen LogP contribution is -2.41. The highest BCUT2D eigenvalue weighted by Gasteiger charge is 2.37. The van der Waals surface area contributed by atoms with E-state index in [1.165, 1.54) is 5.56 Å². The van der Waals surface area contributed by atoms with Gasteiger partial charge in [-0.2, -0.15) is 5.26 Å². The van der Waals surface area contributed by atoms with Crippen LogP contribution in [-0.2, 0) is 4.43 Å². The molecule has 0 amide bonds. The molecule has 0 spiro atoms. The van der Waals surface area contributed by atoms with Crippen molar-refractivity contribution in [1.82, 2.24) is 9.55 Å². The number of benzene rings is 1. The fourth-order valence-electron chi connectivity index (χ4n) is 2.36. The van der Waals surface area contributed by atoms with Gasteiger partial charge in [0.2, 0.25) is 0 Å². The summed E-state index contributed by atoms with van der Waals surface area (Å²) in [6.07, 6.45) is 6.50. The lowest BCUT2D eigenvalue weighted by Gasteiger charge is -2.36. The first-order valence-electron chi connectivity index (χ1n) is 8.36. The molecule has 0 bridgehead atoms. The van der Waals surface area contributed by atoms with E-state index in [0.717, 1.165) is 13.0 Å². The van der Waals surface area contributed by atoms with Crippen LogP contribution in [0.1, 0.15) is 44.4 Å². The van der Waals surface area contributed by atoms with Crippen molar-refractivity contribution in [2.45, 2.75) is 51.4 Å². The molecule has 0 fully saturated rings. The number of hydrogen-bond acceptors (Lipinski definition) is 3. The summed E-state index contributed by atoms with van der Waals surface area (Å²) in [5.41, 5.74) is 1.85. The normalized spacial score (nSPS) is 13.5. The smallest absolute Gasteiger partial charge is 0.191 e. The number of aromatic nitrogens is 2. The Labute approximate surface area is 146 Å². The zero-order chi connectivity index (χ0) is 17.8. The standard InChI is InChI=1S/C19H27N3OSi/c1-19(2,3)24(4,5)23-13-10-18(22-12-11-21-15-22)17-8-6-16(14-20)7-9-17/h6-9,11-12,15,18H,10,13H2,1-5H3. The first kappa shape index (κ1) is 18.4. The maximum absolute atomic E-state index is 8.98. The summed E-state index contributed by atoms with van der Waals surface area (Å²) in [5.74, 6) is 0. The fraction of sp³-hybridized carbons (Fsp3) is 0.474. The first-order valence-corrected chi connectivity index (χ1v) is 11.3. The largest absolute Gasteiger partial charge is 0.417 e. The van der Waals surface area contributed by atoms with Crippen LogP contribution >= 0.6 is 0 Å². The third kappa shape index (κ3) is 4.34. The fourth-order valence-corrected chi connectivity index (χ4v) is 3.42. The van der Waals surface area contributed by atoms with Gasteiger partial charge >= 0.3 is 0 Å². The summed E-state index contributed by atoms with van der Waals surface area (Å²) in [4.78, 5) is 4.18. The Balaban J connectivity index is 2.12. The van der Waals surface area contributed by atoms with E-state index in [2.05, 4.69) is 49.5 Å². The van der Waals surface area contributed by atoms with Crippen LogP contribution in [0.4, 0.5) is 0 Å². The second-order valence-corrected chi connectivity index (χ2v) is 12.5. The van der Waals surface area contributed by atoms with Gasteiger partial charge in [0.25, 0.3) is 0 Å². The predicted molar refractivity (Wildman–Crippen MR) is 99.3 cm³/mol. The molecule has 1 atom stereocenters. The molecule has 0 saturated carbocycles. The van der Waals surface area contributed by atoms with Crippen LogP contribution in [0.2, 0.25) is 18.1 Å². The minimum Gasteiger partial charge on any atom is -0.417 e. The Bertz CT molecular complexity index is 679. The quantitative estimate of drug-likeness (QED) is 0.712. The zero-order valence-corrected chi connectivity index (χ0v) is 16.3. The van der Waals surface area contributed by atoms with Crippen molar-refractivity contribution in [3.05, 3.63) is 54.1 Å². The van der Waals surface area contributed by atoms with E-state index in [9.17, 15) is 0 Å². The molecule has 0 N–H and O–H groups in total. The summed E-state index contributed by atoms with van der Waals surface area (Å²) < 4.78 is 8.45. The Kier molecular flexibility index (Phi) is 5.63. The molecule has 1 heterocycles. The van der Waals surface area contributed by atoms with Crippen molar-refractivity contribution in [2.24, 2.45) is 0 Å². The van der Waals surface area contributed by atoms with Gasteiger partial charge in [-0.15, -0.1) is 0 Å². The molecule has 2 aromatic rings. The summed E-state index contributed by atoms with van der Waals surface area (Å²) in [6, 6.07) is 10.1. The lowest BCUT2D eigenvalue weighted by atomic mass is 10.0. The van der Waals surface area contributed by atoms with Crippen LogP contribution < -0.4 is 0 Å². The van der Waals surface area contributed by atoms with E-state index in [-0.39, 0.29) is 11.1 Å². The van der Waals surface area contributed by atoms with E-state index in [1.807, 2.05) is 36.8 Å². The van der Waals surface area contributed by atoms with Crippen molar-refractivity contribution in [2.75, 3.05) is 6.61 Å². The van der Waals surface area contributed by atoms with Gasteiger partial charge in [0.1, 0.15) is 0 Å². The Morgan fingerprint density at radius 2 is 1.92 bits per heavy atom. The van der Waals surface area contributed by atoms with Crippen molar-refractivity contribution in [1.29, 1.82) is 5.26 Å². The van der Waals surface area contributed by atoms with Gasteiger partial charge < -0.3 is 8.99 Å². The second kappa shape index (κ2) is 7.33. The number of imidazole rings is 1. The molecule has 1 aromatic carbocycles. The average molecular weight is 342 g/mol. The monoisotopic (exact) mass is 341 g/mol. The van der Waals surface area contributed by atoms with Crippen molar-refractivity contribution < 1.29 is 4.43 Å². The van der Waals surface area contributed by atoms with Crippen molar-refractivity contribution in [3.63, 3.8) is 0 Å². The van der Waals surface area contributed by atoms with Crippen LogP contribution in [0.3, 0.4) is 0 Å². The molecule has 1 unspecified atom stereocenters. The average Bonchev–Trinajstić information content (AvgIpc) is 3.05. The van der Waals surface area contributed by atoms with E-state index in [1.54, 1.807) is 6.20 Å². The van der Waals surface area contributed by atoms with E-state index in [0.29, 0.717) is 5.56 Å². The van der Waals surface area contributed by atoms with Gasteiger partial charge in [0.05, 0.1) is 24.0 Å². The summed E-state index contributed by atoms with van der Waals surface area (Å²) in [5, 5.41) is 9.19. The highest BCUT2D eigenvalue weighted by molar-refractivity contribution is 6.74. The van der Waals surface area contributed by atoms with Gasteiger partial charge in [0.15, 0.2) is 8.32 Å². The highest BCUT2D eigenvalue weighted by atomic mass is 28.4. The molecule has 0 aliphatic heterocycles. The number of nitriles is 1. The molecule has 5 heteroatoms. The molecular formula is C19H27N3OSi. The molecule has 4 nitrogen and oxygen atoms in total. The second-order valence-electron chi connectivity index (χ2n) is 7.66. The molecular weight excluding hydrogens is 314 g/mol. The van der Waals surface area contributed by atoms with Gasteiger partial charge in [-0.25, -0.2) is 4.98 Å². The summed E-state index contributed by atoms with van der Waals surface area (Å²) in [7, 11) is -1.74. The third-order valence-electron chi connectivity index (χ3n) is 4.97. The van der Waals surface area contributed by atoms with Gasteiger partial charge in [0, 0.05) is 19.0 Å². The van der Waals surface area contributed by atoms with Crippen LogP contribution in [-0.4, -0.2) is 24.5 Å². The zero-order valence-electron chi connectivity index (χ0n) is 15.3. The Hall–Kier alpha value is -1.90. The van der Waals surface area contributed by atoms with Crippen molar-refractivity contribution >= 4 is 8.32 Å². The van der Waals surface area contributed by atoms with E-state index in [4.69, 9.17) is 9.69 Å². The molecule has 0 saturated heterocycles. The molecule has 24 heavy (non-hydrogen) atoms. The Morgan fingerprint density at radius 1 is 1.25 bits per heavy atom. The molecule has 0 aliphatic rings. The Morgan fingerprint density at radius 3 is 2.42 bits per heavy atom. The van der Waals surface area contributed by atoms with Gasteiger partial charge in [-0.1, -0.05) is 32.9 Å². The first-order chi connectivity index (χ1) is 11.2. The van der Waals surface area contributed by atoms with Crippen LogP contribution in [0.25, 0.3) is 0 Å². The third-order valence-corrected chi connectivity index (χ3v) is 9.51. The van der Waals surface area contributed by atoms with E-state index < -0.39 is 8.32 Å². The topological polar surface area (TPSA) is 50.8 Å². The minimum atomic E-state index is -1.74. The molecule has 0 aliphatic carbocycles. The van der Waals surface area contributed by atoms with Crippen LogP contribution in [0.15, 0.2) is 43.0 Å². The van der Waals surface area contributed by atoms with Crippen LogP contribution in [0.5, 0.6) is 0 Å². The maximum Gasteiger partial charge on any atom is 0.191 e. The molecule has 0 radical (unpaired) electrons. The number of rotatable bonds is 6. The minimum absolute atomic E-state index is 0.171. The summed E-state index contributed by atoms with van der Waals surface area (Å²) in [6.45, 7) is 12.1. The number of hydrogen-bond donors (Lipinski definition) is 0. The van der Waals surface area contributed by atoms with Crippen LogP contribution in [0, 0.1) is 11.3 Å². The van der Waals surface area contributed by atoms with E-state index >= 15 is 0 Å². The maximum atomic E-state index is 8.98. The molecule has 1 aromatic heterocycles. The molecule has 128 valence electrons. The SMILES string of the molecule is CC(C)(C)[Si](C)(C)OCCC(c1ccc(C#N)cc1)n1ccnc1. The predicted octanol–water partition coefficient (Wildman–Crippen LogP) is 4.76. The number of nitrogens with zero attached hydrogens (tertiary/aromatic N) is 3. The van der Waals surface area contributed by atoms with Gasteiger partial charge in [-0.3, -0.25) is 0 Å². The lowest BCUT2D eigenvalue weighted by molar-refractivity contribution is 0.265. The highest BCUT2D eigenvalue weighted by Crippen LogP contribution is 2.37. The molecule has 2 rings (SSSR count). The summed E-state index contributed by atoms with van der Waals surface area (Å²) >= 11 is 0.